The second kappa shape index (κ2) is 3.95. The van der Waals surface area contributed by atoms with Gasteiger partial charge in [0.15, 0.2) is 5.84 Å². The van der Waals surface area contributed by atoms with Gasteiger partial charge in [0.1, 0.15) is 5.75 Å². The Bertz CT molecular complexity index is 640. The Morgan fingerprint density at radius 1 is 1.06 bits per heavy atom. The molecule has 0 aromatic heterocycles. The van der Waals surface area contributed by atoms with Crippen LogP contribution in [0.5, 0.6) is 5.75 Å². The van der Waals surface area contributed by atoms with Crippen molar-refractivity contribution in [3.63, 3.8) is 0 Å². The SMILES string of the molecule is COc1ccc(C2=NC(=O)C3=NN=NC3=N2)cc1. The van der Waals surface area contributed by atoms with Gasteiger partial charge in [0, 0.05) is 5.56 Å². The molecule has 0 spiro atoms. The number of benzene rings is 1. The van der Waals surface area contributed by atoms with Gasteiger partial charge in [-0.05, 0) is 29.5 Å². The van der Waals surface area contributed by atoms with E-state index in [1.807, 2.05) is 0 Å². The molecular weight excluding hydrogens is 234 g/mol. The fraction of sp³-hybridized carbons (Fsp3) is 0.0909. The number of methoxy groups -OCH3 is 1. The van der Waals surface area contributed by atoms with Crippen molar-refractivity contribution < 1.29 is 9.53 Å². The first-order valence-corrected chi connectivity index (χ1v) is 5.13. The van der Waals surface area contributed by atoms with Crippen LogP contribution in [-0.2, 0) is 4.79 Å². The average molecular weight is 241 g/mol. The molecule has 0 N–H and O–H groups in total. The average Bonchev–Trinajstić information content (AvgIpc) is 2.88. The van der Waals surface area contributed by atoms with Crippen LogP contribution in [0.2, 0.25) is 0 Å². The third-order valence-electron chi connectivity index (χ3n) is 2.47. The Morgan fingerprint density at radius 2 is 1.83 bits per heavy atom. The number of hydrogen-bond donors (Lipinski definition) is 0. The molecule has 2 aliphatic rings. The largest absolute Gasteiger partial charge is 0.497 e. The number of fused-ring (bicyclic) bond motifs is 1. The highest BCUT2D eigenvalue weighted by Gasteiger charge is 2.27. The summed E-state index contributed by atoms with van der Waals surface area (Å²) < 4.78 is 5.05. The Balaban J connectivity index is 2.00. The molecule has 0 atom stereocenters. The van der Waals surface area contributed by atoms with Crippen LogP contribution in [0.15, 0.2) is 49.7 Å². The molecule has 18 heavy (non-hydrogen) atoms. The summed E-state index contributed by atoms with van der Waals surface area (Å²) in [7, 11) is 1.58. The van der Waals surface area contributed by atoms with E-state index in [1.54, 1.807) is 31.4 Å². The number of amides is 1. The van der Waals surface area contributed by atoms with Crippen molar-refractivity contribution in [1.29, 1.82) is 0 Å². The van der Waals surface area contributed by atoms with Gasteiger partial charge in [-0.1, -0.05) is 0 Å². The first-order chi connectivity index (χ1) is 8.78. The van der Waals surface area contributed by atoms with Gasteiger partial charge in [-0.3, -0.25) is 4.79 Å². The minimum Gasteiger partial charge on any atom is -0.497 e. The summed E-state index contributed by atoms with van der Waals surface area (Å²) in [5.41, 5.74) is 0.796. The first kappa shape index (κ1) is 10.5. The molecule has 1 aromatic rings. The lowest BCUT2D eigenvalue weighted by Crippen LogP contribution is -2.25. The highest BCUT2D eigenvalue weighted by Crippen LogP contribution is 2.16. The summed E-state index contributed by atoms with van der Waals surface area (Å²) in [6, 6.07) is 7.07. The number of rotatable bonds is 2. The lowest BCUT2D eigenvalue weighted by Gasteiger charge is -2.07. The molecule has 2 aliphatic heterocycles. The highest BCUT2D eigenvalue weighted by atomic mass is 16.5. The smallest absolute Gasteiger partial charge is 0.303 e. The van der Waals surface area contributed by atoms with E-state index in [-0.39, 0.29) is 11.5 Å². The Morgan fingerprint density at radius 3 is 2.56 bits per heavy atom. The number of aliphatic imine (C=N–C) groups is 2. The summed E-state index contributed by atoms with van der Waals surface area (Å²) in [5, 5.41) is 10.6. The molecule has 88 valence electrons. The van der Waals surface area contributed by atoms with Crippen molar-refractivity contribution in [1.82, 2.24) is 0 Å². The lowest BCUT2D eigenvalue weighted by molar-refractivity contribution is -0.111. The molecule has 2 heterocycles. The molecule has 0 aliphatic carbocycles. The number of hydrogen-bond acceptors (Lipinski definition) is 6. The quantitative estimate of drug-likeness (QED) is 0.778. The van der Waals surface area contributed by atoms with Crippen molar-refractivity contribution in [3.8, 4) is 5.75 Å². The highest BCUT2D eigenvalue weighted by molar-refractivity contribution is 6.69. The molecule has 0 saturated carbocycles. The van der Waals surface area contributed by atoms with Crippen molar-refractivity contribution in [2.24, 2.45) is 25.4 Å². The molecule has 0 saturated heterocycles. The van der Waals surface area contributed by atoms with Gasteiger partial charge in [-0.25, -0.2) is 4.99 Å². The van der Waals surface area contributed by atoms with Crippen molar-refractivity contribution in [2.45, 2.75) is 0 Å². The molecule has 3 rings (SSSR count). The van der Waals surface area contributed by atoms with Gasteiger partial charge in [-0.15, -0.1) is 10.2 Å². The molecular formula is C11H7N5O2. The predicted octanol–water partition coefficient (Wildman–Crippen LogP) is 1.20. The number of carbonyl (C=O) groups is 1. The zero-order valence-electron chi connectivity index (χ0n) is 9.36. The molecule has 1 aromatic carbocycles. The number of carbonyl (C=O) groups excluding carboxylic acids is 1. The Kier molecular flexibility index (Phi) is 2.30. The summed E-state index contributed by atoms with van der Waals surface area (Å²) >= 11 is 0. The second-order valence-corrected chi connectivity index (χ2v) is 3.54. The van der Waals surface area contributed by atoms with Gasteiger partial charge < -0.3 is 4.74 Å². The summed E-state index contributed by atoms with van der Waals surface area (Å²) in [4.78, 5) is 19.6. The van der Waals surface area contributed by atoms with Crippen molar-refractivity contribution in [3.05, 3.63) is 29.8 Å². The second-order valence-electron chi connectivity index (χ2n) is 3.54. The lowest BCUT2D eigenvalue weighted by atomic mass is 10.2. The number of amidine groups is 2. The number of nitrogens with zero attached hydrogens (tertiary/aromatic N) is 5. The van der Waals surface area contributed by atoms with Crippen LogP contribution in [0, 0.1) is 0 Å². The zero-order chi connectivity index (χ0) is 12.5. The maximum Gasteiger partial charge on any atom is 0.303 e. The normalized spacial score (nSPS) is 16.9. The van der Waals surface area contributed by atoms with Crippen LogP contribution in [0.3, 0.4) is 0 Å². The summed E-state index contributed by atoms with van der Waals surface area (Å²) in [6.45, 7) is 0. The van der Waals surface area contributed by atoms with Crippen LogP contribution in [0.1, 0.15) is 5.56 Å². The summed E-state index contributed by atoms with van der Waals surface area (Å²) in [5.74, 6) is 0.756. The fourth-order valence-electron chi connectivity index (χ4n) is 1.56. The molecule has 7 heteroatoms. The third kappa shape index (κ3) is 1.61. The van der Waals surface area contributed by atoms with E-state index in [0.717, 1.165) is 5.75 Å². The van der Waals surface area contributed by atoms with Gasteiger partial charge in [0.05, 0.1) is 7.11 Å². The van der Waals surface area contributed by atoms with E-state index < -0.39 is 5.91 Å². The fourth-order valence-corrected chi connectivity index (χ4v) is 1.56. The maximum atomic E-state index is 11.6. The van der Waals surface area contributed by atoms with E-state index in [4.69, 9.17) is 4.74 Å². The molecule has 1 amide bonds. The topological polar surface area (TPSA) is 88.1 Å². The maximum absolute atomic E-state index is 11.6. The molecule has 0 radical (unpaired) electrons. The van der Waals surface area contributed by atoms with Gasteiger partial charge >= 0.3 is 5.91 Å². The van der Waals surface area contributed by atoms with E-state index in [2.05, 4.69) is 25.4 Å². The van der Waals surface area contributed by atoms with Crippen LogP contribution in [0.25, 0.3) is 0 Å². The van der Waals surface area contributed by atoms with Crippen LogP contribution in [-0.4, -0.2) is 30.4 Å². The van der Waals surface area contributed by atoms with E-state index in [9.17, 15) is 4.79 Å². The minimum absolute atomic E-state index is 0.0901. The van der Waals surface area contributed by atoms with Crippen molar-refractivity contribution >= 4 is 23.3 Å². The van der Waals surface area contributed by atoms with Gasteiger partial charge in [0.2, 0.25) is 11.5 Å². The Labute approximate surface area is 102 Å². The first-order valence-electron chi connectivity index (χ1n) is 5.13. The van der Waals surface area contributed by atoms with Crippen molar-refractivity contribution in [2.75, 3.05) is 7.11 Å². The zero-order valence-corrected chi connectivity index (χ0v) is 9.36. The summed E-state index contributed by atoms with van der Waals surface area (Å²) in [6.07, 6.45) is 0. The molecule has 7 nitrogen and oxygen atoms in total. The van der Waals surface area contributed by atoms with Crippen LogP contribution < -0.4 is 4.74 Å². The molecule has 0 unspecified atom stereocenters. The monoisotopic (exact) mass is 241 g/mol. The third-order valence-corrected chi connectivity index (χ3v) is 2.47. The van der Waals surface area contributed by atoms with Crippen LogP contribution >= 0.6 is 0 Å². The molecule has 0 bridgehead atoms. The van der Waals surface area contributed by atoms with Crippen LogP contribution in [0.4, 0.5) is 0 Å². The van der Waals surface area contributed by atoms with E-state index in [1.165, 1.54) is 0 Å². The number of ether oxygens (including phenoxy) is 1. The predicted molar refractivity (Wildman–Crippen MR) is 64.3 cm³/mol. The van der Waals surface area contributed by atoms with E-state index in [0.29, 0.717) is 11.4 Å². The van der Waals surface area contributed by atoms with Gasteiger partial charge in [-0.2, -0.15) is 4.99 Å². The minimum atomic E-state index is -0.476. The molecule has 0 fully saturated rings. The standard InChI is InChI=1S/C11H7N5O2/c1-18-7-4-2-6(3-5-7)9-12-10-8(11(17)13-9)14-16-15-10/h2-5H,1H3. The van der Waals surface area contributed by atoms with E-state index >= 15 is 0 Å². The Hall–Kier alpha value is -2.70. The van der Waals surface area contributed by atoms with Gasteiger partial charge in [0.25, 0.3) is 0 Å².